The first kappa shape index (κ1) is 15.8. The van der Waals surface area contributed by atoms with Gasteiger partial charge in [-0.1, -0.05) is 0 Å². The first-order valence-electron chi connectivity index (χ1n) is 6.20. The van der Waals surface area contributed by atoms with Crippen LogP contribution in [0, 0.1) is 10.1 Å². The maximum absolute atomic E-state index is 11.4. The summed E-state index contributed by atoms with van der Waals surface area (Å²) in [6, 6.07) is 5.96. The molecule has 108 valence electrons. The molecular weight excluding hydrogens is 262 g/mol. The normalized spacial score (nSPS) is 11.2. The Bertz CT molecular complexity index is 497. The van der Waals surface area contributed by atoms with Crippen LogP contribution in [0.1, 0.15) is 25.8 Å². The van der Waals surface area contributed by atoms with Crippen molar-refractivity contribution in [1.82, 2.24) is 5.43 Å². The van der Waals surface area contributed by atoms with Crippen LogP contribution in [0.2, 0.25) is 0 Å². The summed E-state index contributed by atoms with van der Waals surface area (Å²) >= 11 is 0. The number of rotatable bonds is 7. The molecule has 0 saturated heterocycles. The molecule has 0 saturated carbocycles. The molecular formula is C13H17N3O4. The number of hydrazone groups is 1. The van der Waals surface area contributed by atoms with Gasteiger partial charge in [0.25, 0.3) is 5.69 Å². The lowest BCUT2D eigenvalue weighted by atomic mass is 10.1. The fourth-order valence-electron chi connectivity index (χ4n) is 1.40. The van der Waals surface area contributed by atoms with Crippen LogP contribution in [0.3, 0.4) is 0 Å². The van der Waals surface area contributed by atoms with E-state index in [2.05, 4.69) is 10.5 Å². The van der Waals surface area contributed by atoms with E-state index in [4.69, 9.17) is 4.74 Å². The van der Waals surface area contributed by atoms with Crippen molar-refractivity contribution in [1.29, 1.82) is 0 Å². The van der Waals surface area contributed by atoms with Crippen LogP contribution in [-0.4, -0.2) is 29.8 Å². The van der Waals surface area contributed by atoms with Gasteiger partial charge in [0.1, 0.15) is 0 Å². The maximum atomic E-state index is 11.4. The molecule has 0 unspecified atom stereocenters. The van der Waals surface area contributed by atoms with Gasteiger partial charge in [-0.25, -0.2) is 5.43 Å². The van der Waals surface area contributed by atoms with Crippen LogP contribution < -0.4 is 5.43 Å². The van der Waals surface area contributed by atoms with Gasteiger partial charge in [0.2, 0.25) is 5.91 Å². The highest BCUT2D eigenvalue weighted by molar-refractivity contribution is 5.99. The van der Waals surface area contributed by atoms with Crippen molar-refractivity contribution in [3.8, 4) is 0 Å². The molecule has 0 bridgehead atoms. The summed E-state index contributed by atoms with van der Waals surface area (Å²) in [5.74, 6) is -0.236. The molecule has 0 atom stereocenters. The van der Waals surface area contributed by atoms with Crippen molar-refractivity contribution in [3.05, 3.63) is 39.9 Å². The van der Waals surface area contributed by atoms with E-state index in [0.29, 0.717) is 24.5 Å². The zero-order chi connectivity index (χ0) is 15.0. The molecule has 20 heavy (non-hydrogen) atoms. The molecule has 7 nitrogen and oxygen atoms in total. The fraction of sp³-hybridized carbons (Fsp3) is 0.385. The standard InChI is InChI=1S/C13H17N3O4/c1-3-20-9-8-13(17)15-14-10(2)11-4-6-12(7-5-11)16(18)19/h4-7H,3,8-9H2,1-2H3,(H,15,17)/b14-10+. The number of ether oxygens (including phenoxy) is 1. The molecule has 0 aliphatic heterocycles. The van der Waals surface area contributed by atoms with Gasteiger partial charge in [-0.15, -0.1) is 0 Å². The van der Waals surface area contributed by atoms with Crippen molar-refractivity contribution in [2.45, 2.75) is 20.3 Å². The second-order valence-corrected chi connectivity index (χ2v) is 3.98. The smallest absolute Gasteiger partial charge is 0.269 e. The molecule has 1 N–H and O–H groups in total. The van der Waals surface area contributed by atoms with Gasteiger partial charge in [-0.2, -0.15) is 5.10 Å². The lowest BCUT2D eigenvalue weighted by molar-refractivity contribution is -0.384. The Morgan fingerprint density at radius 2 is 2.05 bits per heavy atom. The number of amides is 1. The van der Waals surface area contributed by atoms with Crippen LogP contribution >= 0.6 is 0 Å². The summed E-state index contributed by atoms with van der Waals surface area (Å²) in [7, 11) is 0. The molecule has 1 amide bonds. The average Bonchev–Trinajstić information content (AvgIpc) is 2.45. The minimum Gasteiger partial charge on any atom is -0.381 e. The second-order valence-electron chi connectivity index (χ2n) is 3.98. The third kappa shape index (κ3) is 5.15. The van der Waals surface area contributed by atoms with E-state index in [0.717, 1.165) is 0 Å². The Labute approximate surface area is 116 Å². The van der Waals surface area contributed by atoms with Crippen molar-refractivity contribution >= 4 is 17.3 Å². The number of nitro benzene ring substituents is 1. The highest BCUT2D eigenvalue weighted by Crippen LogP contribution is 2.12. The van der Waals surface area contributed by atoms with E-state index in [1.807, 2.05) is 6.92 Å². The van der Waals surface area contributed by atoms with Crippen molar-refractivity contribution in [2.24, 2.45) is 5.10 Å². The SMILES string of the molecule is CCOCCC(=O)N/N=C(\C)c1ccc([N+](=O)[O-])cc1. The summed E-state index contributed by atoms with van der Waals surface area (Å²) in [6.45, 7) is 4.49. The highest BCUT2D eigenvalue weighted by atomic mass is 16.6. The lowest BCUT2D eigenvalue weighted by Crippen LogP contribution is -2.20. The predicted octanol–water partition coefficient (Wildman–Crippen LogP) is 1.86. The van der Waals surface area contributed by atoms with Crippen molar-refractivity contribution in [2.75, 3.05) is 13.2 Å². The Morgan fingerprint density at radius 3 is 2.60 bits per heavy atom. The van der Waals surface area contributed by atoms with Gasteiger partial charge < -0.3 is 4.74 Å². The molecule has 1 aromatic rings. The van der Waals surface area contributed by atoms with Gasteiger partial charge in [-0.05, 0) is 31.5 Å². The van der Waals surface area contributed by atoms with Gasteiger partial charge in [0.15, 0.2) is 0 Å². The summed E-state index contributed by atoms with van der Waals surface area (Å²) in [5.41, 5.74) is 3.71. The number of hydrogen-bond donors (Lipinski definition) is 1. The molecule has 0 spiro atoms. The monoisotopic (exact) mass is 279 g/mol. The van der Waals surface area contributed by atoms with Gasteiger partial charge >= 0.3 is 0 Å². The van der Waals surface area contributed by atoms with E-state index in [1.54, 1.807) is 19.1 Å². The van der Waals surface area contributed by atoms with E-state index < -0.39 is 4.92 Å². The topological polar surface area (TPSA) is 93.8 Å². The van der Waals surface area contributed by atoms with Crippen LogP contribution in [0.4, 0.5) is 5.69 Å². The number of nitrogens with zero attached hydrogens (tertiary/aromatic N) is 2. The van der Waals surface area contributed by atoms with E-state index in [9.17, 15) is 14.9 Å². The average molecular weight is 279 g/mol. The third-order valence-electron chi connectivity index (χ3n) is 2.52. The molecule has 0 aromatic heterocycles. The Hall–Kier alpha value is -2.28. The number of hydrogen-bond acceptors (Lipinski definition) is 5. The second kappa shape index (κ2) is 8.00. The molecule has 0 aliphatic rings. The Morgan fingerprint density at radius 1 is 1.40 bits per heavy atom. The summed E-state index contributed by atoms with van der Waals surface area (Å²) in [6.07, 6.45) is 0.241. The lowest BCUT2D eigenvalue weighted by Gasteiger charge is -2.03. The number of benzene rings is 1. The zero-order valence-corrected chi connectivity index (χ0v) is 11.5. The first-order valence-corrected chi connectivity index (χ1v) is 6.20. The molecule has 0 fully saturated rings. The number of carbonyl (C=O) groups is 1. The van der Waals surface area contributed by atoms with Gasteiger partial charge in [-0.3, -0.25) is 14.9 Å². The summed E-state index contributed by atoms with van der Waals surface area (Å²) in [5, 5.41) is 14.5. The van der Waals surface area contributed by atoms with Crippen LogP contribution in [-0.2, 0) is 9.53 Å². The predicted molar refractivity (Wildman–Crippen MR) is 74.6 cm³/mol. The zero-order valence-electron chi connectivity index (χ0n) is 11.5. The first-order chi connectivity index (χ1) is 9.54. The molecule has 0 radical (unpaired) electrons. The number of nitro groups is 1. The van der Waals surface area contributed by atoms with Crippen LogP contribution in [0.25, 0.3) is 0 Å². The maximum Gasteiger partial charge on any atom is 0.269 e. The number of non-ortho nitro benzene ring substituents is 1. The Balaban J connectivity index is 2.55. The van der Waals surface area contributed by atoms with E-state index in [-0.39, 0.29) is 18.0 Å². The van der Waals surface area contributed by atoms with E-state index in [1.165, 1.54) is 12.1 Å². The molecule has 1 aromatic carbocycles. The fourth-order valence-corrected chi connectivity index (χ4v) is 1.40. The van der Waals surface area contributed by atoms with Crippen LogP contribution in [0.15, 0.2) is 29.4 Å². The van der Waals surface area contributed by atoms with Crippen molar-refractivity contribution in [3.63, 3.8) is 0 Å². The summed E-state index contributed by atoms with van der Waals surface area (Å²) in [4.78, 5) is 21.5. The highest BCUT2D eigenvalue weighted by Gasteiger charge is 2.06. The Kier molecular flexibility index (Phi) is 6.31. The quantitative estimate of drug-likeness (QED) is 0.357. The largest absolute Gasteiger partial charge is 0.381 e. The third-order valence-corrected chi connectivity index (χ3v) is 2.52. The molecule has 0 aliphatic carbocycles. The minimum absolute atomic E-state index is 0.0160. The molecule has 7 heteroatoms. The summed E-state index contributed by atoms with van der Waals surface area (Å²) < 4.78 is 5.06. The minimum atomic E-state index is -0.467. The van der Waals surface area contributed by atoms with Crippen LogP contribution in [0.5, 0.6) is 0 Å². The molecule has 1 rings (SSSR count). The number of nitrogens with one attached hydrogen (secondary N) is 1. The van der Waals surface area contributed by atoms with Gasteiger partial charge in [0.05, 0.1) is 23.7 Å². The molecule has 0 heterocycles. The van der Waals surface area contributed by atoms with E-state index >= 15 is 0 Å². The van der Waals surface area contributed by atoms with Gasteiger partial charge in [0, 0.05) is 18.7 Å². The van der Waals surface area contributed by atoms with Crippen molar-refractivity contribution < 1.29 is 14.5 Å². The number of carbonyl (C=O) groups excluding carboxylic acids is 1.